The molecule has 0 heterocycles. The highest BCUT2D eigenvalue weighted by molar-refractivity contribution is 5.79. The topological polar surface area (TPSA) is 40.5 Å². The Morgan fingerprint density at radius 3 is 2.27 bits per heavy atom. The van der Waals surface area contributed by atoms with Crippen LogP contribution in [0.1, 0.15) is 52.9 Å². The van der Waals surface area contributed by atoms with E-state index >= 15 is 0 Å². The molecule has 1 atom stereocenters. The number of rotatable bonds is 5. The lowest BCUT2D eigenvalue weighted by Gasteiger charge is -2.41. The van der Waals surface area contributed by atoms with Crippen LogP contribution in [0.3, 0.4) is 0 Å². The van der Waals surface area contributed by atoms with Gasteiger partial charge in [0, 0.05) is 6.04 Å². The van der Waals surface area contributed by atoms with Crippen molar-refractivity contribution >= 4 is 5.97 Å². The lowest BCUT2D eigenvalue weighted by Crippen LogP contribution is -2.56. The van der Waals surface area contributed by atoms with Crippen LogP contribution >= 0.6 is 0 Å². The fraction of sp³-hybridized carbons (Fsp3) is 0.917. The van der Waals surface area contributed by atoms with E-state index in [2.05, 4.69) is 25.7 Å². The van der Waals surface area contributed by atoms with Gasteiger partial charge in [-0.15, -0.1) is 0 Å². The maximum absolute atomic E-state index is 11.5. The first-order valence-corrected chi connectivity index (χ1v) is 6.08. The molecular weight excluding hydrogens is 190 g/mol. The standard InChI is InChI=1S/C12H23NO2/c1-4-10(3)13(5-2)12(11(14)15)8-6-7-9-12/h10H,4-9H2,1-3H3,(H,14,15). The summed E-state index contributed by atoms with van der Waals surface area (Å²) in [6.07, 6.45) is 4.77. The Hall–Kier alpha value is -0.570. The van der Waals surface area contributed by atoms with Gasteiger partial charge in [-0.05, 0) is 32.7 Å². The van der Waals surface area contributed by atoms with Crippen molar-refractivity contribution in [3.63, 3.8) is 0 Å². The zero-order valence-electron chi connectivity index (χ0n) is 10.1. The quantitative estimate of drug-likeness (QED) is 0.763. The van der Waals surface area contributed by atoms with E-state index in [1.807, 2.05) is 0 Å². The second-order valence-electron chi connectivity index (χ2n) is 4.59. The number of hydrogen-bond acceptors (Lipinski definition) is 2. The van der Waals surface area contributed by atoms with Crippen molar-refractivity contribution in [1.82, 2.24) is 4.90 Å². The Morgan fingerprint density at radius 2 is 1.93 bits per heavy atom. The first-order chi connectivity index (χ1) is 7.08. The zero-order valence-corrected chi connectivity index (χ0v) is 10.1. The molecule has 1 fully saturated rings. The summed E-state index contributed by atoms with van der Waals surface area (Å²) in [7, 11) is 0. The first-order valence-electron chi connectivity index (χ1n) is 6.08. The second kappa shape index (κ2) is 4.97. The maximum atomic E-state index is 11.5. The lowest BCUT2D eigenvalue weighted by atomic mass is 9.93. The van der Waals surface area contributed by atoms with Crippen molar-refractivity contribution in [1.29, 1.82) is 0 Å². The van der Waals surface area contributed by atoms with Crippen LogP contribution in [0, 0.1) is 0 Å². The summed E-state index contributed by atoms with van der Waals surface area (Å²) in [5.74, 6) is -0.623. The van der Waals surface area contributed by atoms with Crippen molar-refractivity contribution in [2.45, 2.75) is 64.5 Å². The van der Waals surface area contributed by atoms with Gasteiger partial charge in [-0.3, -0.25) is 9.69 Å². The molecule has 0 aromatic carbocycles. The Labute approximate surface area is 92.5 Å². The summed E-state index contributed by atoms with van der Waals surface area (Å²) < 4.78 is 0. The predicted molar refractivity (Wildman–Crippen MR) is 61.0 cm³/mol. The van der Waals surface area contributed by atoms with Crippen molar-refractivity contribution in [3.05, 3.63) is 0 Å². The van der Waals surface area contributed by atoms with Crippen LogP contribution in [-0.4, -0.2) is 34.1 Å². The van der Waals surface area contributed by atoms with Crippen LogP contribution in [0.15, 0.2) is 0 Å². The number of nitrogens with zero attached hydrogens (tertiary/aromatic N) is 1. The molecule has 1 saturated carbocycles. The summed E-state index contributed by atoms with van der Waals surface area (Å²) in [6.45, 7) is 7.15. The highest BCUT2D eigenvalue weighted by Gasteiger charge is 2.46. The largest absolute Gasteiger partial charge is 0.480 e. The van der Waals surface area contributed by atoms with Crippen LogP contribution in [0.25, 0.3) is 0 Å². The van der Waals surface area contributed by atoms with Crippen LogP contribution in [0.2, 0.25) is 0 Å². The lowest BCUT2D eigenvalue weighted by molar-refractivity contribution is -0.153. The fourth-order valence-electron chi connectivity index (χ4n) is 2.84. The molecule has 1 N–H and O–H groups in total. The molecule has 1 aliphatic rings. The Bertz CT molecular complexity index is 222. The van der Waals surface area contributed by atoms with Gasteiger partial charge >= 0.3 is 5.97 Å². The van der Waals surface area contributed by atoms with E-state index in [-0.39, 0.29) is 0 Å². The van der Waals surface area contributed by atoms with Gasteiger partial charge in [-0.2, -0.15) is 0 Å². The zero-order chi connectivity index (χ0) is 11.5. The molecule has 0 aromatic heterocycles. The molecule has 3 heteroatoms. The van der Waals surface area contributed by atoms with Gasteiger partial charge in [-0.25, -0.2) is 0 Å². The Kier molecular flexibility index (Phi) is 4.14. The van der Waals surface area contributed by atoms with E-state index in [9.17, 15) is 9.90 Å². The summed E-state index contributed by atoms with van der Waals surface area (Å²) in [5, 5.41) is 9.47. The Morgan fingerprint density at radius 1 is 1.40 bits per heavy atom. The smallest absolute Gasteiger partial charge is 0.324 e. The van der Waals surface area contributed by atoms with Gasteiger partial charge in [-0.1, -0.05) is 26.7 Å². The number of hydrogen-bond donors (Lipinski definition) is 1. The molecule has 3 nitrogen and oxygen atoms in total. The van der Waals surface area contributed by atoms with Gasteiger partial charge in [0.2, 0.25) is 0 Å². The third-order valence-corrected chi connectivity index (χ3v) is 3.84. The van der Waals surface area contributed by atoms with Crippen LogP contribution in [-0.2, 0) is 4.79 Å². The minimum absolute atomic E-state index is 0.365. The maximum Gasteiger partial charge on any atom is 0.324 e. The van der Waals surface area contributed by atoms with Crippen molar-refractivity contribution < 1.29 is 9.90 Å². The number of likely N-dealkylation sites (N-methyl/N-ethyl adjacent to an activating group) is 1. The average Bonchev–Trinajstić information content (AvgIpc) is 2.69. The van der Waals surface area contributed by atoms with E-state index < -0.39 is 11.5 Å². The second-order valence-corrected chi connectivity index (χ2v) is 4.59. The van der Waals surface area contributed by atoms with Gasteiger partial charge < -0.3 is 5.11 Å². The van der Waals surface area contributed by atoms with E-state index in [4.69, 9.17) is 0 Å². The van der Waals surface area contributed by atoms with Crippen molar-refractivity contribution in [3.8, 4) is 0 Å². The van der Waals surface area contributed by atoms with E-state index in [1.165, 1.54) is 0 Å². The third kappa shape index (κ3) is 2.17. The molecule has 1 aliphatic carbocycles. The van der Waals surface area contributed by atoms with Crippen molar-refractivity contribution in [2.75, 3.05) is 6.54 Å². The van der Waals surface area contributed by atoms with E-state index in [1.54, 1.807) is 0 Å². The monoisotopic (exact) mass is 213 g/mol. The normalized spacial score (nSPS) is 21.9. The summed E-state index contributed by atoms with van der Waals surface area (Å²) in [5.41, 5.74) is -0.565. The number of carboxylic acids is 1. The van der Waals surface area contributed by atoms with Gasteiger partial charge in [0.15, 0.2) is 0 Å². The molecule has 88 valence electrons. The summed E-state index contributed by atoms with van der Waals surface area (Å²) in [6, 6.07) is 0.365. The van der Waals surface area contributed by atoms with Gasteiger partial charge in [0.1, 0.15) is 5.54 Å². The fourth-order valence-corrected chi connectivity index (χ4v) is 2.84. The molecule has 0 saturated heterocycles. The van der Waals surface area contributed by atoms with Gasteiger partial charge in [0.25, 0.3) is 0 Å². The van der Waals surface area contributed by atoms with Crippen LogP contribution in [0.4, 0.5) is 0 Å². The Balaban J connectivity index is 2.90. The molecule has 1 rings (SSSR count). The highest BCUT2D eigenvalue weighted by atomic mass is 16.4. The highest BCUT2D eigenvalue weighted by Crippen LogP contribution is 2.37. The molecule has 15 heavy (non-hydrogen) atoms. The van der Waals surface area contributed by atoms with E-state index in [0.717, 1.165) is 38.6 Å². The number of carbonyl (C=O) groups is 1. The van der Waals surface area contributed by atoms with Crippen LogP contribution < -0.4 is 0 Å². The molecule has 1 unspecified atom stereocenters. The number of carboxylic acid groups (broad SMARTS) is 1. The third-order valence-electron chi connectivity index (χ3n) is 3.84. The molecule has 0 bridgehead atoms. The molecule has 0 spiro atoms. The van der Waals surface area contributed by atoms with Gasteiger partial charge in [0.05, 0.1) is 0 Å². The predicted octanol–water partition coefficient (Wildman–Crippen LogP) is 2.50. The SMILES string of the molecule is CCC(C)N(CC)C1(C(=O)O)CCCC1. The van der Waals surface area contributed by atoms with Crippen LogP contribution in [0.5, 0.6) is 0 Å². The number of aliphatic carboxylic acids is 1. The van der Waals surface area contributed by atoms with Crippen molar-refractivity contribution in [2.24, 2.45) is 0 Å². The molecule has 0 amide bonds. The van der Waals surface area contributed by atoms with E-state index in [0.29, 0.717) is 6.04 Å². The summed E-state index contributed by atoms with van der Waals surface area (Å²) in [4.78, 5) is 13.7. The molecule has 0 aromatic rings. The minimum atomic E-state index is -0.623. The molecule has 0 aliphatic heterocycles. The summed E-state index contributed by atoms with van der Waals surface area (Å²) >= 11 is 0. The minimum Gasteiger partial charge on any atom is -0.480 e. The average molecular weight is 213 g/mol. The molecular formula is C12H23NO2. The molecule has 0 radical (unpaired) electrons. The first kappa shape index (κ1) is 12.5.